The van der Waals surface area contributed by atoms with Gasteiger partial charge in [-0.3, -0.25) is 14.6 Å². The van der Waals surface area contributed by atoms with E-state index in [1.54, 1.807) is 48.8 Å². The van der Waals surface area contributed by atoms with Gasteiger partial charge in [-0.15, -0.1) is 0 Å². The average molecular weight is 345 g/mol. The van der Waals surface area contributed by atoms with Crippen LogP contribution in [0.15, 0.2) is 85.2 Å². The average Bonchev–Trinajstić information content (AvgIpc) is 2.69. The highest BCUT2D eigenvalue weighted by molar-refractivity contribution is 6.01. The predicted octanol–water partition coefficient (Wildman–Crippen LogP) is 3.06. The van der Waals surface area contributed by atoms with E-state index in [9.17, 15) is 9.59 Å². The summed E-state index contributed by atoms with van der Waals surface area (Å²) >= 11 is 0. The molecular formula is C21H19N3O2. The van der Waals surface area contributed by atoms with Gasteiger partial charge in [-0.05, 0) is 29.8 Å². The summed E-state index contributed by atoms with van der Waals surface area (Å²) in [7, 11) is 0. The topological polar surface area (TPSA) is 71.1 Å². The zero-order valence-electron chi connectivity index (χ0n) is 14.1. The number of carbonyl (C=O) groups excluding carboxylic acids is 2. The molecule has 0 bridgehead atoms. The zero-order chi connectivity index (χ0) is 18.2. The van der Waals surface area contributed by atoms with Crippen LogP contribution in [0.4, 0.5) is 5.69 Å². The van der Waals surface area contributed by atoms with Gasteiger partial charge in [0.2, 0.25) is 5.91 Å². The lowest BCUT2D eigenvalue weighted by Gasteiger charge is -2.18. The first-order chi connectivity index (χ1) is 12.7. The second-order valence-electron chi connectivity index (χ2n) is 5.81. The van der Waals surface area contributed by atoms with Gasteiger partial charge in [0.05, 0.1) is 11.9 Å². The Kier molecular flexibility index (Phi) is 5.72. The summed E-state index contributed by atoms with van der Waals surface area (Å²) in [4.78, 5) is 29.2. The van der Waals surface area contributed by atoms with Gasteiger partial charge in [-0.2, -0.15) is 0 Å². The molecule has 0 spiro atoms. The van der Waals surface area contributed by atoms with E-state index in [0.717, 1.165) is 5.56 Å². The fraction of sp³-hybridized carbons (Fsp3) is 0.0952. The maximum Gasteiger partial charge on any atom is 0.251 e. The Morgan fingerprint density at radius 2 is 1.58 bits per heavy atom. The SMILES string of the molecule is O=C(N[C@@H](Cc1ccccc1)C(=O)Nc1cccnc1)c1ccccc1. The maximum atomic E-state index is 12.7. The molecule has 0 aliphatic rings. The van der Waals surface area contributed by atoms with Gasteiger partial charge < -0.3 is 10.6 Å². The molecule has 1 aromatic heterocycles. The van der Waals surface area contributed by atoms with Crippen molar-refractivity contribution in [3.63, 3.8) is 0 Å². The van der Waals surface area contributed by atoms with Crippen LogP contribution in [0.25, 0.3) is 0 Å². The highest BCUT2D eigenvalue weighted by Gasteiger charge is 2.22. The van der Waals surface area contributed by atoms with Crippen molar-refractivity contribution in [2.24, 2.45) is 0 Å². The van der Waals surface area contributed by atoms with E-state index in [1.165, 1.54) is 0 Å². The van der Waals surface area contributed by atoms with E-state index >= 15 is 0 Å². The summed E-state index contributed by atoms with van der Waals surface area (Å²) in [5.74, 6) is -0.570. The molecule has 0 aliphatic carbocycles. The van der Waals surface area contributed by atoms with Crippen LogP contribution in [0.2, 0.25) is 0 Å². The molecule has 0 saturated carbocycles. The number of anilines is 1. The van der Waals surface area contributed by atoms with Gasteiger partial charge in [0.25, 0.3) is 5.91 Å². The predicted molar refractivity (Wildman–Crippen MR) is 101 cm³/mol. The third kappa shape index (κ3) is 4.77. The van der Waals surface area contributed by atoms with Crippen molar-refractivity contribution in [2.45, 2.75) is 12.5 Å². The van der Waals surface area contributed by atoms with Crippen LogP contribution in [0.5, 0.6) is 0 Å². The third-order valence-electron chi connectivity index (χ3n) is 3.87. The molecule has 0 aliphatic heterocycles. The third-order valence-corrected chi connectivity index (χ3v) is 3.87. The highest BCUT2D eigenvalue weighted by Crippen LogP contribution is 2.09. The van der Waals surface area contributed by atoms with E-state index in [1.807, 2.05) is 36.4 Å². The summed E-state index contributed by atoms with van der Waals surface area (Å²) in [5.41, 5.74) is 2.07. The van der Waals surface area contributed by atoms with Crippen LogP contribution >= 0.6 is 0 Å². The van der Waals surface area contributed by atoms with Crippen LogP contribution in [0, 0.1) is 0 Å². The maximum absolute atomic E-state index is 12.7. The number of aromatic nitrogens is 1. The smallest absolute Gasteiger partial charge is 0.251 e. The first-order valence-corrected chi connectivity index (χ1v) is 8.33. The Hall–Kier alpha value is -3.47. The molecule has 2 aromatic carbocycles. The molecule has 26 heavy (non-hydrogen) atoms. The number of pyridine rings is 1. The number of hydrogen-bond acceptors (Lipinski definition) is 3. The fourth-order valence-corrected chi connectivity index (χ4v) is 2.56. The molecule has 0 fully saturated rings. The van der Waals surface area contributed by atoms with Crippen LogP contribution in [-0.4, -0.2) is 22.8 Å². The minimum Gasteiger partial charge on any atom is -0.340 e. The zero-order valence-corrected chi connectivity index (χ0v) is 14.1. The second-order valence-corrected chi connectivity index (χ2v) is 5.81. The van der Waals surface area contributed by atoms with Crippen molar-refractivity contribution in [2.75, 3.05) is 5.32 Å². The van der Waals surface area contributed by atoms with Crippen molar-refractivity contribution in [3.05, 3.63) is 96.3 Å². The van der Waals surface area contributed by atoms with Crippen molar-refractivity contribution in [3.8, 4) is 0 Å². The Morgan fingerprint density at radius 1 is 0.885 bits per heavy atom. The van der Waals surface area contributed by atoms with Crippen molar-refractivity contribution < 1.29 is 9.59 Å². The minimum atomic E-state index is -0.703. The number of benzene rings is 2. The van der Waals surface area contributed by atoms with Gasteiger partial charge in [-0.25, -0.2) is 0 Å². The van der Waals surface area contributed by atoms with Crippen LogP contribution in [0.3, 0.4) is 0 Å². The van der Waals surface area contributed by atoms with Crippen molar-refractivity contribution in [1.82, 2.24) is 10.3 Å². The van der Waals surface area contributed by atoms with E-state index < -0.39 is 6.04 Å². The summed E-state index contributed by atoms with van der Waals surface area (Å²) < 4.78 is 0. The Balaban J connectivity index is 1.76. The molecule has 5 nitrogen and oxygen atoms in total. The van der Waals surface area contributed by atoms with E-state index in [4.69, 9.17) is 0 Å². The van der Waals surface area contributed by atoms with Gasteiger partial charge in [-0.1, -0.05) is 48.5 Å². The number of nitrogens with zero attached hydrogens (tertiary/aromatic N) is 1. The molecule has 0 saturated heterocycles. The normalized spacial score (nSPS) is 11.4. The van der Waals surface area contributed by atoms with Crippen LogP contribution in [0.1, 0.15) is 15.9 Å². The lowest BCUT2D eigenvalue weighted by molar-refractivity contribution is -0.118. The molecule has 0 unspecified atom stereocenters. The summed E-state index contributed by atoms with van der Waals surface area (Å²) in [6.07, 6.45) is 3.59. The van der Waals surface area contributed by atoms with Crippen molar-refractivity contribution >= 4 is 17.5 Å². The van der Waals surface area contributed by atoms with Crippen LogP contribution in [-0.2, 0) is 11.2 Å². The first-order valence-electron chi connectivity index (χ1n) is 8.33. The largest absolute Gasteiger partial charge is 0.340 e. The highest BCUT2D eigenvalue weighted by atomic mass is 16.2. The number of hydrogen-bond donors (Lipinski definition) is 2. The summed E-state index contributed by atoms with van der Waals surface area (Å²) in [5, 5.41) is 5.63. The van der Waals surface area contributed by atoms with Crippen LogP contribution < -0.4 is 10.6 Å². The lowest BCUT2D eigenvalue weighted by Crippen LogP contribution is -2.45. The summed E-state index contributed by atoms with van der Waals surface area (Å²) in [6, 6.07) is 21.2. The van der Waals surface area contributed by atoms with Crippen molar-refractivity contribution in [1.29, 1.82) is 0 Å². The Morgan fingerprint density at radius 3 is 2.23 bits per heavy atom. The van der Waals surface area contributed by atoms with E-state index in [2.05, 4.69) is 15.6 Å². The lowest BCUT2D eigenvalue weighted by atomic mass is 10.0. The molecule has 5 heteroatoms. The number of amides is 2. The van der Waals surface area contributed by atoms with Gasteiger partial charge in [0, 0.05) is 18.2 Å². The minimum absolute atomic E-state index is 0.284. The molecule has 0 radical (unpaired) electrons. The van der Waals surface area contributed by atoms with Gasteiger partial charge in [0.15, 0.2) is 0 Å². The van der Waals surface area contributed by atoms with Gasteiger partial charge in [0.1, 0.15) is 6.04 Å². The molecule has 130 valence electrons. The monoisotopic (exact) mass is 345 g/mol. The number of nitrogens with one attached hydrogen (secondary N) is 2. The molecular weight excluding hydrogens is 326 g/mol. The Labute approximate surface area is 152 Å². The molecule has 3 rings (SSSR count). The molecule has 1 heterocycles. The summed E-state index contributed by atoms with van der Waals surface area (Å²) in [6.45, 7) is 0. The molecule has 1 atom stereocenters. The fourth-order valence-electron chi connectivity index (χ4n) is 2.56. The number of carbonyl (C=O) groups is 2. The van der Waals surface area contributed by atoms with Gasteiger partial charge >= 0.3 is 0 Å². The molecule has 2 amide bonds. The first kappa shape index (κ1) is 17.4. The standard InChI is InChI=1S/C21H19N3O2/c25-20(17-10-5-2-6-11-17)24-19(14-16-8-3-1-4-9-16)21(26)23-18-12-7-13-22-15-18/h1-13,15,19H,14H2,(H,23,26)(H,24,25)/t19-/m0/s1. The molecule has 2 N–H and O–H groups in total. The van der Waals surface area contributed by atoms with E-state index in [0.29, 0.717) is 17.7 Å². The quantitative estimate of drug-likeness (QED) is 0.721. The van der Waals surface area contributed by atoms with E-state index in [-0.39, 0.29) is 11.8 Å². The second kappa shape index (κ2) is 8.58. The number of rotatable bonds is 6. The Bertz CT molecular complexity index is 852. The molecule has 3 aromatic rings.